The van der Waals surface area contributed by atoms with Crippen molar-refractivity contribution in [2.24, 2.45) is 0 Å². The Bertz CT molecular complexity index is 1000. The van der Waals surface area contributed by atoms with E-state index in [0.29, 0.717) is 12.8 Å². The molecule has 0 atom stereocenters. The molecule has 28 heavy (non-hydrogen) atoms. The fourth-order valence-electron chi connectivity index (χ4n) is 4.76. The van der Waals surface area contributed by atoms with Crippen LogP contribution in [0.5, 0.6) is 0 Å². The lowest BCUT2D eigenvalue weighted by molar-refractivity contribution is -0.116. The lowest BCUT2D eigenvalue weighted by atomic mass is 9.72. The number of hydrogen-bond acceptors (Lipinski definition) is 4. The van der Waals surface area contributed by atoms with Crippen molar-refractivity contribution in [2.75, 3.05) is 0 Å². The van der Waals surface area contributed by atoms with Gasteiger partial charge >= 0.3 is 0 Å². The number of rotatable bonds is 2. The first-order valence-electron chi connectivity index (χ1n) is 10.0. The van der Waals surface area contributed by atoms with Gasteiger partial charge < -0.3 is 5.32 Å². The molecule has 0 radical (unpaired) electrons. The molecule has 142 valence electrons. The minimum Gasteiger partial charge on any atom is -0.362 e. The van der Waals surface area contributed by atoms with Crippen LogP contribution in [0.15, 0.2) is 59.1 Å². The van der Waals surface area contributed by atoms with E-state index in [4.69, 9.17) is 5.10 Å². The molecule has 0 amide bonds. The summed E-state index contributed by atoms with van der Waals surface area (Å²) in [5.74, 6) is 0.0374. The molecule has 5 heteroatoms. The van der Waals surface area contributed by atoms with Crippen LogP contribution in [0.25, 0.3) is 5.69 Å². The summed E-state index contributed by atoms with van der Waals surface area (Å²) >= 11 is 0. The van der Waals surface area contributed by atoms with E-state index < -0.39 is 0 Å². The molecular formula is C23H23N3O2. The number of nitrogens with one attached hydrogen (secondary N) is 1. The minimum absolute atomic E-state index is 0.163. The van der Waals surface area contributed by atoms with Gasteiger partial charge in [0.1, 0.15) is 0 Å². The Balaban J connectivity index is 1.69. The Kier molecular flexibility index (Phi) is 4.04. The molecule has 0 spiro atoms. The van der Waals surface area contributed by atoms with E-state index >= 15 is 0 Å². The highest BCUT2D eigenvalue weighted by Crippen LogP contribution is 2.45. The molecular weight excluding hydrogens is 350 g/mol. The van der Waals surface area contributed by atoms with Gasteiger partial charge in [0.05, 0.1) is 11.4 Å². The molecule has 2 aliphatic carbocycles. The summed E-state index contributed by atoms with van der Waals surface area (Å²) in [5.41, 5.74) is 6.41. The zero-order valence-corrected chi connectivity index (χ0v) is 16.0. The van der Waals surface area contributed by atoms with Gasteiger partial charge in [0.2, 0.25) is 0 Å². The molecule has 1 aromatic carbocycles. The summed E-state index contributed by atoms with van der Waals surface area (Å²) in [6, 6.07) is 9.94. The second kappa shape index (κ2) is 6.59. The Morgan fingerprint density at radius 2 is 1.54 bits per heavy atom. The van der Waals surface area contributed by atoms with Crippen LogP contribution >= 0.6 is 0 Å². The van der Waals surface area contributed by atoms with Crippen LogP contribution in [0.3, 0.4) is 0 Å². The number of Topliss-reactive ketones (excluding diaryl/α,β-unsaturated/α-hetero) is 2. The van der Waals surface area contributed by atoms with Gasteiger partial charge in [-0.05, 0) is 44.7 Å². The number of allylic oxidation sites excluding steroid dienone is 4. The van der Waals surface area contributed by atoms with Gasteiger partial charge in [-0.1, -0.05) is 18.2 Å². The molecule has 0 bridgehead atoms. The molecule has 5 rings (SSSR count). The van der Waals surface area contributed by atoms with E-state index in [9.17, 15) is 9.59 Å². The molecule has 1 aliphatic heterocycles. The van der Waals surface area contributed by atoms with Gasteiger partial charge in [-0.3, -0.25) is 9.59 Å². The topological polar surface area (TPSA) is 64.0 Å². The monoisotopic (exact) mass is 373 g/mol. The lowest BCUT2D eigenvalue weighted by Gasteiger charge is -2.36. The third-order valence-electron chi connectivity index (χ3n) is 6.06. The number of nitrogens with zero attached hydrogens (tertiary/aromatic N) is 2. The molecule has 0 saturated carbocycles. The van der Waals surface area contributed by atoms with E-state index in [1.165, 1.54) is 0 Å². The summed E-state index contributed by atoms with van der Waals surface area (Å²) in [5, 5.41) is 8.18. The van der Waals surface area contributed by atoms with Gasteiger partial charge in [-0.25, -0.2) is 4.68 Å². The Morgan fingerprint density at radius 1 is 0.929 bits per heavy atom. The average molecular weight is 373 g/mol. The van der Waals surface area contributed by atoms with Gasteiger partial charge in [-0.15, -0.1) is 0 Å². The molecule has 2 aromatic rings. The lowest BCUT2D eigenvalue weighted by Crippen LogP contribution is -2.36. The highest BCUT2D eigenvalue weighted by atomic mass is 16.1. The summed E-state index contributed by atoms with van der Waals surface area (Å²) in [6.45, 7) is 1.97. The molecule has 2 heterocycles. The molecule has 0 saturated heterocycles. The minimum atomic E-state index is -0.288. The normalized spacial score (nSPS) is 20.2. The summed E-state index contributed by atoms with van der Waals surface area (Å²) in [6.07, 6.45) is 6.59. The number of hydrogen-bond donors (Lipinski definition) is 1. The fourth-order valence-corrected chi connectivity index (χ4v) is 4.76. The number of aryl methyl sites for hydroxylation is 1. The van der Waals surface area contributed by atoms with Crippen molar-refractivity contribution >= 4 is 11.6 Å². The number of carbonyl (C=O) groups is 2. The van der Waals surface area contributed by atoms with Gasteiger partial charge in [-0.2, -0.15) is 5.10 Å². The number of ketones is 2. The highest BCUT2D eigenvalue weighted by molar-refractivity contribution is 6.06. The van der Waals surface area contributed by atoms with Crippen molar-refractivity contribution in [1.29, 1.82) is 0 Å². The molecule has 5 nitrogen and oxygen atoms in total. The smallest absolute Gasteiger partial charge is 0.161 e. The predicted molar refractivity (Wildman–Crippen MR) is 106 cm³/mol. The van der Waals surface area contributed by atoms with Crippen molar-refractivity contribution in [3.63, 3.8) is 0 Å². The standard InChI is InChI=1S/C23H23N3O2/c1-14-16(13-26(25-14)15-7-3-2-4-8-15)21-22-17(9-5-11-19(22)27)24-18-10-6-12-20(28)23(18)21/h2-4,7-8,13,21,24H,5-6,9-12H2,1H3. The summed E-state index contributed by atoms with van der Waals surface area (Å²) in [4.78, 5) is 25.8. The quantitative estimate of drug-likeness (QED) is 0.868. The maximum Gasteiger partial charge on any atom is 0.161 e. The van der Waals surface area contributed by atoms with Gasteiger partial charge in [0, 0.05) is 53.1 Å². The number of carbonyl (C=O) groups excluding carboxylic acids is 2. The van der Waals surface area contributed by atoms with Gasteiger partial charge in [0.25, 0.3) is 0 Å². The van der Waals surface area contributed by atoms with Crippen LogP contribution in [-0.4, -0.2) is 21.3 Å². The molecule has 3 aliphatic rings. The second-order valence-corrected chi connectivity index (χ2v) is 7.85. The first kappa shape index (κ1) is 17.2. The molecule has 0 unspecified atom stereocenters. The molecule has 1 aromatic heterocycles. The number of aromatic nitrogens is 2. The van der Waals surface area contributed by atoms with Crippen LogP contribution in [0.2, 0.25) is 0 Å². The summed E-state index contributed by atoms with van der Waals surface area (Å²) in [7, 11) is 0. The van der Waals surface area contributed by atoms with Crippen molar-refractivity contribution in [1.82, 2.24) is 15.1 Å². The second-order valence-electron chi connectivity index (χ2n) is 7.85. The van der Waals surface area contributed by atoms with Gasteiger partial charge in [0.15, 0.2) is 11.6 Å². The average Bonchev–Trinajstić information content (AvgIpc) is 3.09. The zero-order valence-electron chi connectivity index (χ0n) is 16.0. The Hall–Kier alpha value is -2.95. The highest BCUT2D eigenvalue weighted by Gasteiger charge is 2.41. The van der Waals surface area contributed by atoms with Crippen LogP contribution in [-0.2, 0) is 9.59 Å². The number of dihydropyridines is 1. The molecule has 1 N–H and O–H groups in total. The van der Waals surface area contributed by atoms with Crippen molar-refractivity contribution < 1.29 is 9.59 Å². The number of benzene rings is 1. The third kappa shape index (κ3) is 2.65. The van der Waals surface area contributed by atoms with E-state index in [1.54, 1.807) is 0 Å². The maximum absolute atomic E-state index is 12.9. The van der Waals surface area contributed by atoms with Crippen LogP contribution in [0.1, 0.15) is 55.7 Å². The largest absolute Gasteiger partial charge is 0.362 e. The Morgan fingerprint density at radius 3 is 2.14 bits per heavy atom. The van der Waals surface area contributed by atoms with Crippen LogP contribution < -0.4 is 5.32 Å². The maximum atomic E-state index is 12.9. The van der Waals surface area contributed by atoms with Crippen molar-refractivity contribution in [2.45, 2.75) is 51.4 Å². The fraction of sp³-hybridized carbons (Fsp3) is 0.348. The van der Waals surface area contributed by atoms with E-state index in [2.05, 4.69) is 5.32 Å². The SMILES string of the molecule is Cc1nn(-c2ccccc2)cc1C1C2=C(CCCC2=O)NC2=C1C(=O)CCC2. The molecule has 0 fully saturated rings. The van der Waals surface area contributed by atoms with E-state index in [0.717, 1.165) is 65.2 Å². The summed E-state index contributed by atoms with van der Waals surface area (Å²) < 4.78 is 1.85. The first-order chi connectivity index (χ1) is 13.6. The van der Waals surface area contributed by atoms with E-state index in [-0.39, 0.29) is 17.5 Å². The third-order valence-corrected chi connectivity index (χ3v) is 6.06. The van der Waals surface area contributed by atoms with Crippen LogP contribution in [0, 0.1) is 6.92 Å². The number of para-hydroxylation sites is 1. The van der Waals surface area contributed by atoms with Crippen LogP contribution in [0.4, 0.5) is 0 Å². The Labute approximate surface area is 164 Å². The zero-order chi connectivity index (χ0) is 19.3. The first-order valence-corrected chi connectivity index (χ1v) is 10.0. The van der Waals surface area contributed by atoms with Crippen molar-refractivity contribution in [3.05, 3.63) is 70.3 Å². The van der Waals surface area contributed by atoms with Crippen molar-refractivity contribution in [3.8, 4) is 5.69 Å². The van der Waals surface area contributed by atoms with E-state index in [1.807, 2.05) is 48.1 Å². The predicted octanol–water partition coefficient (Wildman–Crippen LogP) is 3.88.